The second kappa shape index (κ2) is 9.13. The van der Waals surface area contributed by atoms with Gasteiger partial charge in [0, 0.05) is 17.8 Å². The molecule has 144 valence electrons. The average Bonchev–Trinajstić information content (AvgIpc) is 2.65. The molecule has 0 atom stereocenters. The van der Waals surface area contributed by atoms with E-state index >= 15 is 0 Å². The van der Waals surface area contributed by atoms with Crippen LogP contribution in [0.3, 0.4) is 0 Å². The fraction of sp³-hybridized carbons (Fsp3) is 0.222. The molecule has 0 aromatic heterocycles. The van der Waals surface area contributed by atoms with E-state index in [0.29, 0.717) is 6.54 Å². The molecule has 0 radical (unpaired) electrons. The lowest BCUT2D eigenvalue weighted by molar-refractivity contribution is -0.120. The zero-order valence-electron chi connectivity index (χ0n) is 14.7. The van der Waals surface area contributed by atoms with E-state index in [1.54, 1.807) is 0 Å². The molecule has 0 aliphatic heterocycles. The molecule has 0 heterocycles. The molecule has 0 spiro atoms. The van der Waals surface area contributed by atoms with Gasteiger partial charge in [-0.2, -0.15) is 0 Å². The molecule has 0 saturated heterocycles. The zero-order chi connectivity index (χ0) is 19.9. The summed E-state index contributed by atoms with van der Waals surface area (Å²) < 4.78 is 39.7. The van der Waals surface area contributed by atoms with Gasteiger partial charge in [-0.3, -0.25) is 14.3 Å². The third kappa shape index (κ3) is 6.07. The number of hydrogen-bond acceptors (Lipinski definition) is 4. The summed E-state index contributed by atoms with van der Waals surface area (Å²) in [7, 11) is -3.86. The first-order valence-electron chi connectivity index (χ1n) is 8.25. The largest absolute Gasteiger partial charge is 0.355 e. The highest BCUT2D eigenvalue weighted by Crippen LogP contribution is 2.17. The fourth-order valence-electron chi connectivity index (χ4n) is 2.11. The number of sulfonamides is 1. The minimum atomic E-state index is -3.86. The van der Waals surface area contributed by atoms with E-state index in [0.717, 1.165) is 30.7 Å². The number of carbonyl (C=O) groups is 2. The number of amides is 2. The molecule has 7 nitrogen and oxygen atoms in total. The molecule has 0 aliphatic carbocycles. The number of anilines is 1. The van der Waals surface area contributed by atoms with E-state index in [-0.39, 0.29) is 28.6 Å². The van der Waals surface area contributed by atoms with Crippen molar-refractivity contribution in [2.24, 2.45) is 0 Å². The maximum absolute atomic E-state index is 12.9. The van der Waals surface area contributed by atoms with Gasteiger partial charge < -0.3 is 10.6 Å². The summed E-state index contributed by atoms with van der Waals surface area (Å²) in [5.41, 5.74) is 0.527. The van der Waals surface area contributed by atoms with Crippen molar-refractivity contribution in [3.8, 4) is 0 Å². The molecule has 9 heteroatoms. The number of carbonyl (C=O) groups excluding carboxylic acids is 2. The Morgan fingerprint density at radius 3 is 2.19 bits per heavy atom. The Hall–Kier alpha value is -2.94. The third-order valence-electron chi connectivity index (χ3n) is 3.50. The van der Waals surface area contributed by atoms with Crippen molar-refractivity contribution in [3.05, 3.63) is 59.9 Å². The maximum atomic E-state index is 12.9. The van der Waals surface area contributed by atoms with Gasteiger partial charge in [0.2, 0.25) is 5.91 Å². The van der Waals surface area contributed by atoms with Crippen molar-refractivity contribution < 1.29 is 22.4 Å². The molecule has 2 aromatic rings. The third-order valence-corrected chi connectivity index (χ3v) is 4.90. The van der Waals surface area contributed by atoms with Gasteiger partial charge in [-0.15, -0.1) is 0 Å². The molecule has 3 N–H and O–H groups in total. The second-order valence-electron chi connectivity index (χ2n) is 5.67. The molecular formula is C18H20FN3O4S. The van der Waals surface area contributed by atoms with E-state index in [1.807, 2.05) is 6.92 Å². The first-order valence-corrected chi connectivity index (χ1v) is 9.73. The highest BCUT2D eigenvalue weighted by Gasteiger charge is 2.14. The van der Waals surface area contributed by atoms with Crippen LogP contribution >= 0.6 is 0 Å². The lowest BCUT2D eigenvalue weighted by atomic mass is 10.2. The number of hydrogen-bond donors (Lipinski definition) is 3. The Bertz CT molecular complexity index is 897. The van der Waals surface area contributed by atoms with Crippen molar-refractivity contribution in [1.82, 2.24) is 10.6 Å². The zero-order valence-corrected chi connectivity index (χ0v) is 15.5. The van der Waals surface area contributed by atoms with Crippen LogP contribution < -0.4 is 15.4 Å². The van der Waals surface area contributed by atoms with Crippen LogP contribution in [0.4, 0.5) is 10.1 Å². The minimum Gasteiger partial charge on any atom is -0.355 e. The summed E-state index contributed by atoms with van der Waals surface area (Å²) in [6, 6.07) is 10.1. The van der Waals surface area contributed by atoms with Crippen molar-refractivity contribution in [1.29, 1.82) is 0 Å². The molecule has 2 amide bonds. The van der Waals surface area contributed by atoms with Gasteiger partial charge in [-0.05, 0) is 55.0 Å². The summed E-state index contributed by atoms with van der Waals surface area (Å²) in [6.07, 6.45) is 0.801. The number of benzene rings is 2. The Morgan fingerprint density at radius 1 is 0.963 bits per heavy atom. The molecule has 27 heavy (non-hydrogen) atoms. The van der Waals surface area contributed by atoms with Gasteiger partial charge in [0.1, 0.15) is 5.82 Å². The van der Waals surface area contributed by atoms with E-state index in [2.05, 4.69) is 15.4 Å². The molecule has 2 aromatic carbocycles. The Morgan fingerprint density at radius 2 is 1.59 bits per heavy atom. The molecular weight excluding hydrogens is 373 g/mol. The number of nitrogens with one attached hydrogen (secondary N) is 3. The molecule has 0 aliphatic rings. The SMILES string of the molecule is CCCNC(=O)CNC(=O)c1ccc(NS(=O)(=O)c2ccc(F)cc2)cc1. The Labute approximate surface area is 157 Å². The summed E-state index contributed by atoms with van der Waals surface area (Å²) in [6.45, 7) is 2.32. The summed E-state index contributed by atoms with van der Waals surface area (Å²) in [5.74, 6) is -1.27. The van der Waals surface area contributed by atoms with Crippen molar-refractivity contribution >= 4 is 27.5 Å². The standard InChI is InChI=1S/C18H20FN3O4S/c1-2-11-20-17(23)12-21-18(24)13-3-7-15(8-4-13)22-27(25,26)16-9-5-14(19)6-10-16/h3-10,22H,2,11-12H2,1H3,(H,20,23)(H,21,24). The van der Waals surface area contributed by atoms with E-state index in [4.69, 9.17) is 0 Å². The average molecular weight is 393 g/mol. The van der Waals surface area contributed by atoms with Gasteiger partial charge in [0.25, 0.3) is 15.9 Å². The Balaban J connectivity index is 1.97. The lowest BCUT2D eigenvalue weighted by Gasteiger charge is -2.09. The first-order chi connectivity index (χ1) is 12.8. The summed E-state index contributed by atoms with van der Waals surface area (Å²) >= 11 is 0. The fourth-order valence-corrected chi connectivity index (χ4v) is 3.17. The molecule has 2 rings (SSSR count). The highest BCUT2D eigenvalue weighted by atomic mass is 32.2. The minimum absolute atomic E-state index is 0.0798. The van der Waals surface area contributed by atoms with Crippen molar-refractivity contribution in [2.75, 3.05) is 17.8 Å². The Kier molecular flexibility index (Phi) is 6.89. The van der Waals surface area contributed by atoms with Crippen LogP contribution in [-0.4, -0.2) is 33.3 Å². The maximum Gasteiger partial charge on any atom is 0.261 e. The lowest BCUT2D eigenvalue weighted by Crippen LogP contribution is -2.37. The van der Waals surface area contributed by atoms with Gasteiger partial charge in [0.05, 0.1) is 11.4 Å². The molecule has 0 unspecified atom stereocenters. The van der Waals surface area contributed by atoms with Crippen molar-refractivity contribution in [2.45, 2.75) is 18.2 Å². The van der Waals surface area contributed by atoms with E-state index in [1.165, 1.54) is 24.3 Å². The van der Waals surface area contributed by atoms with Crippen LogP contribution in [0.15, 0.2) is 53.4 Å². The predicted molar refractivity (Wildman–Crippen MR) is 99.3 cm³/mol. The van der Waals surface area contributed by atoms with Crippen LogP contribution in [-0.2, 0) is 14.8 Å². The van der Waals surface area contributed by atoms with E-state index in [9.17, 15) is 22.4 Å². The molecule has 0 bridgehead atoms. The van der Waals surface area contributed by atoms with E-state index < -0.39 is 21.7 Å². The predicted octanol–water partition coefficient (Wildman–Crippen LogP) is 1.88. The van der Waals surface area contributed by atoms with Crippen LogP contribution in [0, 0.1) is 5.82 Å². The van der Waals surface area contributed by atoms with Gasteiger partial charge in [0.15, 0.2) is 0 Å². The monoisotopic (exact) mass is 393 g/mol. The highest BCUT2D eigenvalue weighted by molar-refractivity contribution is 7.92. The van der Waals surface area contributed by atoms with Gasteiger partial charge in [-0.25, -0.2) is 12.8 Å². The molecule has 0 saturated carbocycles. The number of halogens is 1. The quantitative estimate of drug-likeness (QED) is 0.637. The van der Waals surface area contributed by atoms with Crippen LogP contribution in [0.2, 0.25) is 0 Å². The van der Waals surface area contributed by atoms with Gasteiger partial charge >= 0.3 is 0 Å². The topological polar surface area (TPSA) is 104 Å². The smallest absolute Gasteiger partial charge is 0.261 e. The van der Waals surface area contributed by atoms with Crippen LogP contribution in [0.5, 0.6) is 0 Å². The van der Waals surface area contributed by atoms with Crippen LogP contribution in [0.1, 0.15) is 23.7 Å². The second-order valence-corrected chi connectivity index (χ2v) is 7.35. The summed E-state index contributed by atoms with van der Waals surface area (Å²) in [4.78, 5) is 23.4. The normalized spacial score (nSPS) is 10.9. The first kappa shape index (κ1) is 20.4. The summed E-state index contributed by atoms with van der Waals surface area (Å²) in [5, 5.41) is 5.12. The number of rotatable bonds is 8. The van der Waals surface area contributed by atoms with Crippen LogP contribution in [0.25, 0.3) is 0 Å². The van der Waals surface area contributed by atoms with Gasteiger partial charge in [-0.1, -0.05) is 6.92 Å². The van der Waals surface area contributed by atoms with Crippen molar-refractivity contribution in [3.63, 3.8) is 0 Å². The molecule has 0 fully saturated rings.